The molecule has 0 aliphatic heterocycles. The van der Waals surface area contributed by atoms with Crippen molar-refractivity contribution in [3.05, 3.63) is 64.7 Å². The summed E-state index contributed by atoms with van der Waals surface area (Å²) < 4.78 is 31.9. The SMILES string of the molecule is C[C@@H](OC(=O)c1cc(S(=O)(=O)N(C)Cc2ccccc2)ccc1Cl)C(=O)NC(N)=O. The Labute approximate surface area is 178 Å². The third-order valence-corrected chi connectivity index (χ3v) is 6.14. The predicted octanol–water partition coefficient (Wildman–Crippen LogP) is 1.90. The molecule has 3 N–H and O–H groups in total. The largest absolute Gasteiger partial charge is 0.449 e. The van der Waals surface area contributed by atoms with Gasteiger partial charge in [0, 0.05) is 13.6 Å². The van der Waals surface area contributed by atoms with E-state index >= 15 is 0 Å². The molecule has 0 heterocycles. The maximum Gasteiger partial charge on any atom is 0.340 e. The molecular weight excluding hydrogens is 434 g/mol. The predicted molar refractivity (Wildman–Crippen MR) is 109 cm³/mol. The Hall–Kier alpha value is -2.95. The average molecular weight is 454 g/mol. The topological polar surface area (TPSA) is 136 Å². The average Bonchev–Trinajstić information content (AvgIpc) is 2.68. The number of nitrogens with zero attached hydrogens (tertiary/aromatic N) is 1. The Morgan fingerprint density at radius 2 is 1.80 bits per heavy atom. The Kier molecular flexibility index (Phi) is 7.54. The van der Waals surface area contributed by atoms with Gasteiger partial charge in [0.25, 0.3) is 5.91 Å². The third kappa shape index (κ3) is 5.78. The van der Waals surface area contributed by atoms with Gasteiger partial charge < -0.3 is 10.5 Å². The van der Waals surface area contributed by atoms with Gasteiger partial charge in [-0.3, -0.25) is 10.1 Å². The van der Waals surface area contributed by atoms with Crippen molar-refractivity contribution < 1.29 is 27.5 Å². The molecule has 11 heteroatoms. The Bertz CT molecular complexity index is 1060. The molecule has 1 atom stereocenters. The summed E-state index contributed by atoms with van der Waals surface area (Å²) in [6.07, 6.45) is -1.36. The highest BCUT2D eigenvalue weighted by atomic mass is 35.5. The molecule has 0 saturated heterocycles. The molecule has 0 aromatic heterocycles. The van der Waals surface area contributed by atoms with Crippen LogP contribution in [0, 0.1) is 0 Å². The van der Waals surface area contributed by atoms with Crippen molar-refractivity contribution in [3.63, 3.8) is 0 Å². The molecule has 3 amide bonds. The minimum Gasteiger partial charge on any atom is -0.449 e. The van der Waals surface area contributed by atoms with Crippen LogP contribution in [-0.2, 0) is 26.1 Å². The van der Waals surface area contributed by atoms with Gasteiger partial charge in [-0.25, -0.2) is 18.0 Å². The van der Waals surface area contributed by atoms with Gasteiger partial charge in [-0.05, 0) is 30.7 Å². The smallest absolute Gasteiger partial charge is 0.340 e. The maximum atomic E-state index is 12.9. The van der Waals surface area contributed by atoms with E-state index in [0.29, 0.717) is 0 Å². The van der Waals surface area contributed by atoms with Crippen molar-refractivity contribution in [1.29, 1.82) is 0 Å². The van der Waals surface area contributed by atoms with Crippen LogP contribution in [-0.4, -0.2) is 43.8 Å². The van der Waals surface area contributed by atoms with Crippen LogP contribution in [0.5, 0.6) is 0 Å². The number of esters is 1. The lowest BCUT2D eigenvalue weighted by atomic mass is 10.2. The van der Waals surface area contributed by atoms with Gasteiger partial charge in [0.15, 0.2) is 6.10 Å². The zero-order valence-corrected chi connectivity index (χ0v) is 17.7. The number of urea groups is 1. The summed E-state index contributed by atoms with van der Waals surface area (Å²) in [5, 5.41) is 1.71. The number of primary amides is 1. The van der Waals surface area contributed by atoms with Crippen LogP contribution in [0.1, 0.15) is 22.8 Å². The molecule has 160 valence electrons. The molecule has 0 aliphatic carbocycles. The molecule has 0 fully saturated rings. The monoisotopic (exact) mass is 453 g/mol. The zero-order chi connectivity index (χ0) is 22.5. The van der Waals surface area contributed by atoms with Gasteiger partial charge in [0.1, 0.15) is 0 Å². The van der Waals surface area contributed by atoms with E-state index in [0.717, 1.165) is 15.9 Å². The summed E-state index contributed by atoms with van der Waals surface area (Å²) in [6, 6.07) is 11.5. The summed E-state index contributed by atoms with van der Waals surface area (Å²) >= 11 is 6.01. The number of carbonyl (C=O) groups excluding carboxylic acids is 3. The van der Waals surface area contributed by atoms with E-state index in [1.165, 1.54) is 26.1 Å². The Morgan fingerprint density at radius 3 is 2.40 bits per heavy atom. The second-order valence-corrected chi connectivity index (χ2v) is 8.74. The van der Waals surface area contributed by atoms with Gasteiger partial charge in [-0.2, -0.15) is 4.31 Å². The molecule has 2 aromatic carbocycles. The summed E-state index contributed by atoms with van der Waals surface area (Å²) in [5.41, 5.74) is 5.38. The first kappa shape index (κ1) is 23.3. The highest BCUT2D eigenvalue weighted by Crippen LogP contribution is 2.24. The molecular formula is C19H20ClN3O6S. The standard InChI is InChI=1S/C19H20ClN3O6S/c1-12(17(24)22-19(21)26)29-18(25)15-10-14(8-9-16(15)20)30(27,28)23(2)11-13-6-4-3-5-7-13/h3-10,12H,11H2,1-2H3,(H3,21,22,24,26)/t12-/m1/s1. The molecule has 0 bridgehead atoms. The zero-order valence-electron chi connectivity index (χ0n) is 16.2. The van der Waals surface area contributed by atoms with Crippen molar-refractivity contribution in [2.45, 2.75) is 24.5 Å². The first-order chi connectivity index (χ1) is 14.0. The number of nitrogens with two attached hydrogens (primary N) is 1. The van der Waals surface area contributed by atoms with Crippen LogP contribution in [0.2, 0.25) is 5.02 Å². The number of amides is 3. The lowest BCUT2D eigenvalue weighted by molar-refractivity contribution is -0.127. The summed E-state index contributed by atoms with van der Waals surface area (Å²) in [5.74, 6) is -1.96. The van der Waals surface area contributed by atoms with E-state index in [1.54, 1.807) is 29.6 Å². The van der Waals surface area contributed by atoms with Crippen molar-refractivity contribution in [2.75, 3.05) is 7.05 Å². The molecule has 9 nitrogen and oxygen atoms in total. The van der Waals surface area contributed by atoms with Crippen LogP contribution in [0.4, 0.5) is 4.79 Å². The number of ether oxygens (including phenoxy) is 1. The Morgan fingerprint density at radius 1 is 1.17 bits per heavy atom. The number of hydrogen-bond acceptors (Lipinski definition) is 6. The molecule has 0 unspecified atom stereocenters. The van der Waals surface area contributed by atoms with Crippen molar-refractivity contribution >= 4 is 39.5 Å². The van der Waals surface area contributed by atoms with Crippen molar-refractivity contribution in [3.8, 4) is 0 Å². The second-order valence-electron chi connectivity index (χ2n) is 6.29. The fraction of sp³-hybridized carbons (Fsp3) is 0.211. The highest BCUT2D eigenvalue weighted by Gasteiger charge is 2.26. The number of rotatable bonds is 7. The molecule has 0 radical (unpaired) electrons. The normalized spacial score (nSPS) is 12.3. The molecule has 0 aliphatic rings. The van der Waals surface area contributed by atoms with Crippen LogP contribution in [0.3, 0.4) is 0 Å². The minimum atomic E-state index is -3.94. The van der Waals surface area contributed by atoms with E-state index in [1.807, 2.05) is 6.07 Å². The number of imide groups is 1. The first-order valence-electron chi connectivity index (χ1n) is 8.63. The van der Waals surface area contributed by atoms with Gasteiger partial charge in [-0.1, -0.05) is 41.9 Å². The number of carbonyl (C=O) groups is 3. The third-order valence-electron chi connectivity index (χ3n) is 4.01. The van der Waals surface area contributed by atoms with Crippen LogP contribution in [0.15, 0.2) is 53.4 Å². The lowest BCUT2D eigenvalue weighted by Gasteiger charge is -2.18. The number of halogens is 1. The summed E-state index contributed by atoms with van der Waals surface area (Å²) in [4.78, 5) is 34.6. The Balaban J connectivity index is 2.23. The molecule has 2 aromatic rings. The van der Waals surface area contributed by atoms with E-state index in [-0.39, 0.29) is 22.0 Å². The summed E-state index contributed by atoms with van der Waals surface area (Å²) in [7, 11) is -2.54. The fourth-order valence-electron chi connectivity index (χ4n) is 2.43. The minimum absolute atomic E-state index is 0.0628. The van der Waals surface area contributed by atoms with Crippen molar-refractivity contribution in [1.82, 2.24) is 9.62 Å². The number of benzene rings is 2. The molecule has 30 heavy (non-hydrogen) atoms. The van der Waals surface area contributed by atoms with Crippen LogP contribution < -0.4 is 11.1 Å². The molecule has 0 saturated carbocycles. The van der Waals surface area contributed by atoms with E-state index in [4.69, 9.17) is 22.1 Å². The number of nitrogens with one attached hydrogen (secondary N) is 1. The van der Waals surface area contributed by atoms with Gasteiger partial charge in [0.2, 0.25) is 10.0 Å². The van der Waals surface area contributed by atoms with Crippen molar-refractivity contribution in [2.24, 2.45) is 5.73 Å². The first-order valence-corrected chi connectivity index (χ1v) is 10.4. The molecule has 0 spiro atoms. The fourth-order valence-corrected chi connectivity index (χ4v) is 3.81. The number of hydrogen-bond donors (Lipinski definition) is 2. The van der Waals surface area contributed by atoms with E-state index in [2.05, 4.69) is 0 Å². The van der Waals surface area contributed by atoms with E-state index < -0.39 is 34.0 Å². The highest BCUT2D eigenvalue weighted by molar-refractivity contribution is 7.89. The van der Waals surface area contributed by atoms with E-state index in [9.17, 15) is 22.8 Å². The lowest BCUT2D eigenvalue weighted by Crippen LogP contribution is -2.42. The maximum absolute atomic E-state index is 12.9. The second kappa shape index (κ2) is 9.70. The quantitative estimate of drug-likeness (QED) is 0.614. The molecule has 2 rings (SSSR count). The van der Waals surface area contributed by atoms with Crippen LogP contribution >= 0.6 is 11.6 Å². The van der Waals surface area contributed by atoms with Gasteiger partial charge >= 0.3 is 12.0 Å². The van der Waals surface area contributed by atoms with Gasteiger partial charge in [-0.15, -0.1) is 0 Å². The number of sulfonamides is 1. The van der Waals surface area contributed by atoms with Gasteiger partial charge in [0.05, 0.1) is 15.5 Å². The summed E-state index contributed by atoms with van der Waals surface area (Å²) in [6.45, 7) is 1.34. The van der Waals surface area contributed by atoms with Crippen LogP contribution in [0.25, 0.3) is 0 Å².